The van der Waals surface area contributed by atoms with Crippen molar-refractivity contribution in [1.29, 1.82) is 0 Å². The molecular formula is C29H24ClF3N4O5S. The van der Waals surface area contributed by atoms with E-state index in [1.54, 1.807) is 43.5 Å². The predicted octanol–water partition coefficient (Wildman–Crippen LogP) is 5.40. The van der Waals surface area contributed by atoms with Crippen molar-refractivity contribution in [3.8, 4) is 17.1 Å². The first-order valence-electron chi connectivity index (χ1n) is 13.3. The zero-order valence-corrected chi connectivity index (χ0v) is 24.2. The molecule has 1 saturated carbocycles. The molecule has 0 spiro atoms. The highest BCUT2D eigenvalue weighted by atomic mass is 35.5. The van der Waals surface area contributed by atoms with Crippen LogP contribution in [0.1, 0.15) is 46.6 Å². The number of carbonyl (C=O) groups is 1. The molecule has 1 N–H and O–H groups in total. The normalized spacial score (nSPS) is 20.2. The van der Waals surface area contributed by atoms with Crippen molar-refractivity contribution in [2.75, 3.05) is 13.2 Å². The van der Waals surface area contributed by atoms with Gasteiger partial charge in [-0.1, -0.05) is 11.6 Å². The number of benzene rings is 1. The molecule has 1 amide bonds. The summed E-state index contributed by atoms with van der Waals surface area (Å²) in [5.74, 6) is -4.15. The van der Waals surface area contributed by atoms with Gasteiger partial charge < -0.3 is 14.8 Å². The molecule has 1 aromatic carbocycles. The van der Waals surface area contributed by atoms with Crippen LogP contribution in [-0.2, 0) is 27.7 Å². The fraction of sp³-hybridized carbons (Fsp3) is 0.310. The molecule has 14 heteroatoms. The van der Waals surface area contributed by atoms with Gasteiger partial charge in [0.05, 0.1) is 65.5 Å². The molecule has 4 heterocycles. The standard InChI is InChI=1S/C29H24ClF3N4O5S/c1-2-42-24-6-5-22(37-27(24)19-10-29(19,32)33)21-4-3-15-11-34-17(9-23(15)36-21)12-35-28(38)16-7-20(30)18-13-41-14-26(31)43(39,40)25(18)8-16/h3-9,11,19,26H,2,10,12-14H2,1H3,(H,35,38)/t19?,26-/m1/s1. The number of fused-ring (bicyclic) bond motifs is 2. The quantitative estimate of drug-likeness (QED) is 0.288. The van der Waals surface area contributed by atoms with Crippen molar-refractivity contribution in [3.05, 3.63) is 76.2 Å². The SMILES string of the molecule is CCOc1ccc(-c2ccc3cnc(CNC(=O)c4cc(Cl)c5c(c4)S(=O)(=O)[C@@H](F)COC5)cc3n2)nc1C1CC1(F)F. The molecule has 1 fully saturated rings. The number of nitrogens with zero attached hydrogens (tertiary/aromatic N) is 3. The summed E-state index contributed by atoms with van der Waals surface area (Å²) in [5, 5.41) is 3.33. The fourth-order valence-electron chi connectivity index (χ4n) is 4.83. The number of nitrogens with one attached hydrogen (secondary N) is 1. The van der Waals surface area contributed by atoms with E-state index in [0.717, 1.165) is 6.07 Å². The molecule has 0 radical (unpaired) electrons. The van der Waals surface area contributed by atoms with Crippen molar-refractivity contribution in [2.24, 2.45) is 0 Å². The van der Waals surface area contributed by atoms with Gasteiger partial charge in [0.15, 0.2) is 0 Å². The maximum atomic E-state index is 14.2. The monoisotopic (exact) mass is 632 g/mol. The number of hydrogen-bond acceptors (Lipinski definition) is 8. The highest BCUT2D eigenvalue weighted by Crippen LogP contribution is 2.57. The topological polar surface area (TPSA) is 120 Å². The number of ether oxygens (including phenoxy) is 2. The van der Waals surface area contributed by atoms with Crippen LogP contribution in [0.5, 0.6) is 5.75 Å². The lowest BCUT2D eigenvalue weighted by Crippen LogP contribution is -2.24. The van der Waals surface area contributed by atoms with E-state index in [2.05, 4.69) is 20.3 Å². The van der Waals surface area contributed by atoms with E-state index in [0.29, 0.717) is 40.3 Å². The zero-order valence-electron chi connectivity index (χ0n) is 22.6. The van der Waals surface area contributed by atoms with Gasteiger partial charge in [-0.25, -0.2) is 31.6 Å². The molecule has 9 nitrogen and oxygen atoms in total. The molecule has 3 aromatic heterocycles. The number of hydrogen-bond donors (Lipinski definition) is 1. The van der Waals surface area contributed by atoms with Gasteiger partial charge >= 0.3 is 0 Å². The number of alkyl halides is 3. The van der Waals surface area contributed by atoms with E-state index in [4.69, 9.17) is 21.1 Å². The average Bonchev–Trinajstić information content (AvgIpc) is 3.65. The van der Waals surface area contributed by atoms with Crippen LogP contribution in [0.2, 0.25) is 5.02 Å². The molecular weight excluding hydrogens is 609 g/mol. The fourth-order valence-corrected chi connectivity index (χ4v) is 6.51. The highest BCUT2D eigenvalue weighted by molar-refractivity contribution is 7.92. The molecule has 1 unspecified atom stereocenters. The minimum Gasteiger partial charge on any atom is -0.492 e. The summed E-state index contributed by atoms with van der Waals surface area (Å²) in [6.07, 6.45) is 1.29. The Morgan fingerprint density at radius 3 is 2.65 bits per heavy atom. The lowest BCUT2D eigenvalue weighted by atomic mass is 10.1. The Morgan fingerprint density at radius 2 is 1.91 bits per heavy atom. The molecule has 0 saturated heterocycles. The van der Waals surface area contributed by atoms with Crippen molar-refractivity contribution in [1.82, 2.24) is 20.3 Å². The molecule has 2 aliphatic rings. The zero-order chi connectivity index (χ0) is 30.5. The third-order valence-corrected chi connectivity index (χ3v) is 9.34. The second kappa shape index (κ2) is 11.0. The van der Waals surface area contributed by atoms with Crippen LogP contribution in [0.25, 0.3) is 22.3 Å². The van der Waals surface area contributed by atoms with Crippen LogP contribution in [-0.4, -0.2) is 53.9 Å². The van der Waals surface area contributed by atoms with Crippen LogP contribution >= 0.6 is 11.6 Å². The number of rotatable bonds is 7. The number of carbonyl (C=O) groups excluding carboxylic acids is 1. The van der Waals surface area contributed by atoms with Crippen LogP contribution < -0.4 is 10.1 Å². The lowest BCUT2D eigenvalue weighted by molar-refractivity contribution is 0.0947. The Balaban J connectivity index is 1.23. The predicted molar refractivity (Wildman–Crippen MR) is 151 cm³/mol. The number of aromatic nitrogens is 3. The number of halogens is 4. The Labute approximate surface area is 249 Å². The first-order valence-corrected chi connectivity index (χ1v) is 15.2. The number of amides is 1. The maximum absolute atomic E-state index is 14.2. The average molecular weight is 633 g/mol. The second-order valence-electron chi connectivity index (χ2n) is 10.2. The van der Waals surface area contributed by atoms with Gasteiger partial charge in [-0.2, -0.15) is 0 Å². The molecule has 1 aliphatic carbocycles. The van der Waals surface area contributed by atoms with Crippen molar-refractivity contribution < 1.29 is 35.9 Å². The molecule has 224 valence electrons. The summed E-state index contributed by atoms with van der Waals surface area (Å²) < 4.78 is 77.8. The highest BCUT2D eigenvalue weighted by Gasteiger charge is 2.59. The molecule has 6 rings (SSSR count). The van der Waals surface area contributed by atoms with Crippen molar-refractivity contribution in [3.63, 3.8) is 0 Å². The molecule has 2 atom stereocenters. The molecule has 4 aromatic rings. The second-order valence-corrected chi connectivity index (χ2v) is 12.6. The van der Waals surface area contributed by atoms with E-state index < -0.39 is 39.7 Å². The van der Waals surface area contributed by atoms with E-state index >= 15 is 0 Å². The van der Waals surface area contributed by atoms with Crippen LogP contribution in [0, 0.1) is 0 Å². The Hall–Kier alpha value is -3.81. The van der Waals surface area contributed by atoms with Gasteiger partial charge in [0.2, 0.25) is 15.3 Å². The summed E-state index contributed by atoms with van der Waals surface area (Å²) in [7, 11) is -4.40. The van der Waals surface area contributed by atoms with Crippen LogP contribution in [0.3, 0.4) is 0 Å². The third-order valence-electron chi connectivity index (χ3n) is 7.22. The Bertz CT molecular complexity index is 1870. The maximum Gasteiger partial charge on any atom is 0.257 e. The first kappa shape index (κ1) is 29.3. The largest absolute Gasteiger partial charge is 0.492 e. The molecule has 43 heavy (non-hydrogen) atoms. The first-order chi connectivity index (χ1) is 20.5. The van der Waals surface area contributed by atoms with Crippen molar-refractivity contribution in [2.45, 2.75) is 48.7 Å². The van der Waals surface area contributed by atoms with E-state index in [9.17, 15) is 26.4 Å². The van der Waals surface area contributed by atoms with Crippen molar-refractivity contribution >= 4 is 38.2 Å². The summed E-state index contributed by atoms with van der Waals surface area (Å²) >= 11 is 6.24. The summed E-state index contributed by atoms with van der Waals surface area (Å²) in [4.78, 5) is 26.0. The van der Waals surface area contributed by atoms with Gasteiger partial charge in [-0.05, 0) is 49.4 Å². The van der Waals surface area contributed by atoms with E-state index in [1.165, 1.54) is 6.07 Å². The van der Waals surface area contributed by atoms with Gasteiger partial charge in [0, 0.05) is 34.2 Å². The molecule has 1 aliphatic heterocycles. The van der Waals surface area contributed by atoms with E-state index in [-0.39, 0.29) is 46.3 Å². The van der Waals surface area contributed by atoms with Gasteiger partial charge in [0.25, 0.3) is 11.8 Å². The van der Waals surface area contributed by atoms with Crippen LogP contribution in [0.15, 0.2) is 53.6 Å². The lowest BCUT2D eigenvalue weighted by Gasteiger charge is -2.12. The van der Waals surface area contributed by atoms with E-state index in [1.807, 2.05) is 0 Å². The number of pyridine rings is 3. The smallest absolute Gasteiger partial charge is 0.257 e. The number of sulfone groups is 1. The van der Waals surface area contributed by atoms with Gasteiger partial charge in [-0.3, -0.25) is 9.78 Å². The summed E-state index contributed by atoms with van der Waals surface area (Å²) in [6.45, 7) is 1.21. The van der Waals surface area contributed by atoms with Gasteiger partial charge in [0.1, 0.15) is 5.75 Å². The Kier molecular flexibility index (Phi) is 7.51. The van der Waals surface area contributed by atoms with Crippen LogP contribution in [0.4, 0.5) is 13.2 Å². The Morgan fingerprint density at radius 1 is 1.16 bits per heavy atom. The summed E-state index contributed by atoms with van der Waals surface area (Å²) in [6, 6.07) is 10.8. The third kappa shape index (κ3) is 5.64. The molecule has 0 bridgehead atoms. The minimum absolute atomic E-state index is 0.0302. The van der Waals surface area contributed by atoms with Gasteiger partial charge in [-0.15, -0.1) is 0 Å². The minimum atomic E-state index is -4.40. The summed E-state index contributed by atoms with van der Waals surface area (Å²) in [5.41, 5.74) is -0.222.